The molecule has 9 nitrogen and oxygen atoms in total. The van der Waals surface area contributed by atoms with Crippen molar-refractivity contribution in [1.82, 2.24) is 20.6 Å². The number of nitrogens with one attached hydrogen (secondary N) is 3. The van der Waals surface area contributed by atoms with Crippen LogP contribution in [0.3, 0.4) is 0 Å². The van der Waals surface area contributed by atoms with Gasteiger partial charge in [-0.25, -0.2) is 4.79 Å². The minimum atomic E-state index is -0.684. The van der Waals surface area contributed by atoms with Gasteiger partial charge < -0.3 is 16.4 Å². The Kier molecular flexibility index (Phi) is 3.14. The van der Waals surface area contributed by atoms with Gasteiger partial charge in [-0.1, -0.05) is 6.07 Å². The summed E-state index contributed by atoms with van der Waals surface area (Å²) >= 11 is 0. The number of urea groups is 1. The Morgan fingerprint density at radius 1 is 1.22 bits per heavy atom. The van der Waals surface area contributed by atoms with Crippen molar-refractivity contribution < 1.29 is 9.59 Å². The number of nitrogens with two attached hydrogens (primary N) is 1. The summed E-state index contributed by atoms with van der Waals surface area (Å²) in [7, 11) is 0. The zero-order valence-electron chi connectivity index (χ0n) is 9.04. The number of H-pyrrole nitrogens is 1. The van der Waals surface area contributed by atoms with Gasteiger partial charge >= 0.3 is 6.03 Å². The first-order valence-electron chi connectivity index (χ1n) is 4.86. The van der Waals surface area contributed by atoms with Gasteiger partial charge in [-0.05, 0) is 23.4 Å². The number of tetrazole rings is 1. The molecule has 0 aliphatic carbocycles. The second-order valence-corrected chi connectivity index (χ2v) is 3.26. The highest BCUT2D eigenvalue weighted by molar-refractivity contribution is 6.01. The molecule has 0 unspecified atom stereocenters. The molecule has 0 spiro atoms. The first-order valence-corrected chi connectivity index (χ1v) is 4.86. The van der Waals surface area contributed by atoms with Crippen LogP contribution in [-0.2, 0) is 0 Å². The van der Waals surface area contributed by atoms with Crippen LogP contribution in [0.5, 0.6) is 0 Å². The van der Waals surface area contributed by atoms with E-state index in [1.807, 2.05) is 0 Å². The Labute approximate surface area is 101 Å². The van der Waals surface area contributed by atoms with E-state index in [1.54, 1.807) is 24.3 Å². The Morgan fingerprint density at radius 2 is 1.94 bits per heavy atom. The minimum Gasteiger partial charge on any atom is -0.351 e. The largest absolute Gasteiger partial charge is 0.351 e. The van der Waals surface area contributed by atoms with Gasteiger partial charge in [0, 0.05) is 11.4 Å². The molecule has 1 aromatic heterocycles. The molecule has 2 aromatic rings. The lowest BCUT2D eigenvalue weighted by atomic mass is 10.2. The van der Waals surface area contributed by atoms with Gasteiger partial charge in [-0.3, -0.25) is 4.79 Å². The lowest BCUT2D eigenvalue weighted by Gasteiger charge is -2.05. The number of aromatic amines is 1. The van der Waals surface area contributed by atoms with Crippen molar-refractivity contribution in [3.05, 3.63) is 30.1 Å². The molecule has 9 heteroatoms. The number of hydrogen-bond acceptors (Lipinski definition) is 5. The van der Waals surface area contributed by atoms with Gasteiger partial charge in [0.1, 0.15) is 0 Å². The summed E-state index contributed by atoms with van der Waals surface area (Å²) in [5.41, 5.74) is 5.92. The highest BCUT2D eigenvalue weighted by Crippen LogP contribution is 2.15. The van der Waals surface area contributed by atoms with E-state index in [9.17, 15) is 9.59 Å². The maximum atomic E-state index is 11.6. The van der Waals surface area contributed by atoms with E-state index < -0.39 is 11.9 Å². The average molecular weight is 247 g/mol. The van der Waals surface area contributed by atoms with Crippen molar-refractivity contribution in [2.75, 3.05) is 10.6 Å². The molecule has 1 aromatic carbocycles. The third kappa shape index (κ3) is 2.78. The number of nitrogens with zero attached hydrogens (tertiary/aromatic N) is 3. The third-order valence-corrected chi connectivity index (χ3v) is 1.94. The number of carbonyl (C=O) groups excluding carboxylic acids is 2. The van der Waals surface area contributed by atoms with Gasteiger partial charge in [0.2, 0.25) is 0 Å². The third-order valence-electron chi connectivity index (χ3n) is 1.94. The molecule has 0 aliphatic heterocycles. The molecule has 0 atom stereocenters. The van der Waals surface area contributed by atoms with Crippen LogP contribution in [0, 0.1) is 0 Å². The Balaban J connectivity index is 2.10. The van der Waals surface area contributed by atoms with Crippen molar-refractivity contribution in [3.8, 4) is 0 Å². The van der Waals surface area contributed by atoms with Crippen molar-refractivity contribution in [3.63, 3.8) is 0 Å². The molecular weight excluding hydrogens is 238 g/mol. The van der Waals surface area contributed by atoms with Crippen molar-refractivity contribution in [2.24, 2.45) is 5.73 Å². The van der Waals surface area contributed by atoms with Gasteiger partial charge in [0.15, 0.2) is 0 Å². The second-order valence-electron chi connectivity index (χ2n) is 3.26. The van der Waals surface area contributed by atoms with Crippen LogP contribution in [0.15, 0.2) is 24.3 Å². The maximum absolute atomic E-state index is 11.6. The lowest BCUT2D eigenvalue weighted by Crippen LogP contribution is -2.19. The van der Waals surface area contributed by atoms with Crippen LogP contribution >= 0.6 is 0 Å². The molecule has 92 valence electrons. The highest BCUT2D eigenvalue weighted by Gasteiger charge is 2.10. The SMILES string of the molecule is NC(=O)Nc1cccc(NC(=O)c2nn[nH]n2)c1. The van der Waals surface area contributed by atoms with Gasteiger partial charge in [-0.15, -0.1) is 10.2 Å². The number of amides is 3. The number of anilines is 2. The van der Waals surface area contributed by atoms with Crippen molar-refractivity contribution in [2.45, 2.75) is 0 Å². The summed E-state index contributed by atoms with van der Waals surface area (Å²) in [5, 5.41) is 17.4. The predicted octanol–water partition coefficient (Wildman–Crippen LogP) is -0.0574. The zero-order chi connectivity index (χ0) is 13.0. The summed E-state index contributed by atoms with van der Waals surface area (Å²) in [4.78, 5) is 22.3. The fraction of sp³-hybridized carbons (Fsp3) is 0. The second kappa shape index (κ2) is 4.91. The summed E-state index contributed by atoms with van der Waals surface area (Å²) in [6, 6.07) is 5.79. The molecule has 2 rings (SSSR count). The molecule has 0 aliphatic rings. The molecule has 5 N–H and O–H groups in total. The summed E-state index contributed by atoms with van der Waals surface area (Å²) in [6.45, 7) is 0. The topological polar surface area (TPSA) is 139 Å². The summed E-state index contributed by atoms with van der Waals surface area (Å²) < 4.78 is 0. The number of benzene rings is 1. The Morgan fingerprint density at radius 3 is 2.56 bits per heavy atom. The zero-order valence-corrected chi connectivity index (χ0v) is 9.04. The average Bonchev–Trinajstić information content (AvgIpc) is 2.81. The highest BCUT2D eigenvalue weighted by atomic mass is 16.2. The maximum Gasteiger partial charge on any atom is 0.316 e. The quantitative estimate of drug-likeness (QED) is 0.601. The number of hydrogen-bond donors (Lipinski definition) is 4. The minimum absolute atomic E-state index is 0.0803. The molecule has 3 amide bonds. The number of primary amides is 1. The van der Waals surface area contributed by atoms with E-state index in [0.29, 0.717) is 11.4 Å². The molecule has 0 saturated heterocycles. The number of carbonyl (C=O) groups is 2. The van der Waals surface area contributed by atoms with Crippen LogP contribution in [0.2, 0.25) is 0 Å². The molecule has 0 radical (unpaired) electrons. The molecule has 18 heavy (non-hydrogen) atoms. The summed E-state index contributed by atoms with van der Waals surface area (Å²) in [6.07, 6.45) is 0. The van der Waals surface area contributed by atoms with Crippen LogP contribution in [0.25, 0.3) is 0 Å². The molecule has 0 bridgehead atoms. The monoisotopic (exact) mass is 247 g/mol. The number of aromatic nitrogens is 4. The van der Waals surface area contributed by atoms with Crippen LogP contribution in [-0.4, -0.2) is 32.6 Å². The van der Waals surface area contributed by atoms with E-state index in [1.165, 1.54) is 0 Å². The normalized spacial score (nSPS) is 9.78. The smallest absolute Gasteiger partial charge is 0.316 e. The van der Waals surface area contributed by atoms with E-state index in [0.717, 1.165) is 0 Å². The Hall–Kier alpha value is -2.97. The summed E-state index contributed by atoms with van der Waals surface area (Å²) in [5.74, 6) is -0.594. The van der Waals surface area contributed by atoms with Gasteiger partial charge in [-0.2, -0.15) is 5.21 Å². The standard InChI is InChI=1S/C9H9N7O2/c10-9(18)12-6-3-1-2-5(4-6)11-8(17)7-13-15-16-14-7/h1-4H,(H,11,17)(H3,10,12,18)(H,13,14,15,16). The first-order chi connectivity index (χ1) is 8.65. The van der Waals surface area contributed by atoms with Crippen LogP contribution in [0.4, 0.5) is 16.2 Å². The molecule has 1 heterocycles. The lowest BCUT2D eigenvalue weighted by molar-refractivity contribution is 0.101. The first kappa shape index (κ1) is 11.5. The fourth-order valence-electron chi connectivity index (χ4n) is 1.26. The van der Waals surface area contributed by atoms with E-state index in [-0.39, 0.29) is 5.82 Å². The molecule has 0 saturated carbocycles. The van der Waals surface area contributed by atoms with Crippen molar-refractivity contribution in [1.29, 1.82) is 0 Å². The van der Waals surface area contributed by atoms with Gasteiger partial charge in [0.05, 0.1) is 0 Å². The van der Waals surface area contributed by atoms with Crippen LogP contribution in [0.1, 0.15) is 10.6 Å². The Bertz CT molecular complexity index is 566. The van der Waals surface area contributed by atoms with E-state index >= 15 is 0 Å². The van der Waals surface area contributed by atoms with Crippen molar-refractivity contribution >= 4 is 23.3 Å². The van der Waals surface area contributed by atoms with Crippen LogP contribution < -0.4 is 16.4 Å². The fourth-order valence-corrected chi connectivity index (χ4v) is 1.26. The number of rotatable bonds is 3. The van der Waals surface area contributed by atoms with E-state index in [2.05, 4.69) is 31.3 Å². The predicted molar refractivity (Wildman–Crippen MR) is 61.8 cm³/mol. The van der Waals surface area contributed by atoms with E-state index in [4.69, 9.17) is 5.73 Å². The molecule has 0 fully saturated rings. The molecular formula is C9H9N7O2. The van der Waals surface area contributed by atoms with Gasteiger partial charge in [0.25, 0.3) is 11.7 Å².